The van der Waals surface area contributed by atoms with Crippen LogP contribution in [0.25, 0.3) is 0 Å². The molecule has 0 aromatic carbocycles. The first-order valence-corrected chi connectivity index (χ1v) is 4.64. The molecule has 0 fully saturated rings. The number of hydrogen-bond donors (Lipinski definition) is 1. The molecule has 6 heteroatoms. The molecule has 15 heavy (non-hydrogen) atoms. The van der Waals surface area contributed by atoms with Crippen molar-refractivity contribution in [1.29, 1.82) is 0 Å². The fraction of sp³-hybridized carbons (Fsp3) is 0.667. The highest BCUT2D eigenvalue weighted by molar-refractivity contribution is 5.98. The van der Waals surface area contributed by atoms with Gasteiger partial charge in [0.25, 0.3) is 0 Å². The van der Waals surface area contributed by atoms with Crippen LogP contribution in [0.1, 0.15) is 20.3 Å². The zero-order valence-electron chi connectivity index (χ0n) is 8.82. The van der Waals surface area contributed by atoms with E-state index in [0.29, 0.717) is 0 Å². The monoisotopic (exact) mass is 217 g/mol. The zero-order chi connectivity index (χ0) is 11.8. The average Bonchev–Trinajstić information content (AvgIpc) is 2.14. The highest BCUT2D eigenvalue weighted by atomic mass is 16.6. The van der Waals surface area contributed by atoms with Gasteiger partial charge in [0.15, 0.2) is 5.92 Å². The summed E-state index contributed by atoms with van der Waals surface area (Å²) >= 11 is 0. The van der Waals surface area contributed by atoms with Crippen molar-refractivity contribution in [3.8, 4) is 0 Å². The van der Waals surface area contributed by atoms with Gasteiger partial charge in [-0.2, -0.15) is 0 Å². The van der Waals surface area contributed by atoms with E-state index in [1.54, 1.807) is 13.8 Å². The van der Waals surface area contributed by atoms with Gasteiger partial charge in [-0.15, -0.1) is 0 Å². The Kier molecular flexibility index (Phi) is 6.08. The summed E-state index contributed by atoms with van der Waals surface area (Å²) in [7, 11) is 0. The van der Waals surface area contributed by atoms with Gasteiger partial charge >= 0.3 is 11.9 Å². The second kappa shape index (κ2) is 6.80. The molecule has 0 saturated carbocycles. The van der Waals surface area contributed by atoms with Crippen LogP contribution in [0.3, 0.4) is 0 Å². The van der Waals surface area contributed by atoms with Gasteiger partial charge in [0.2, 0.25) is 5.91 Å². The van der Waals surface area contributed by atoms with E-state index >= 15 is 0 Å². The van der Waals surface area contributed by atoms with Crippen molar-refractivity contribution in [2.75, 3.05) is 13.2 Å². The largest absolute Gasteiger partial charge is 0.465 e. The van der Waals surface area contributed by atoms with Crippen LogP contribution < -0.4 is 5.73 Å². The molecule has 0 aliphatic carbocycles. The summed E-state index contributed by atoms with van der Waals surface area (Å²) in [5.41, 5.74) is 4.91. The minimum absolute atomic E-state index is 0.132. The van der Waals surface area contributed by atoms with Gasteiger partial charge in [-0.1, -0.05) is 0 Å². The van der Waals surface area contributed by atoms with E-state index in [0.717, 1.165) is 0 Å². The van der Waals surface area contributed by atoms with Crippen LogP contribution in [-0.4, -0.2) is 31.1 Å². The summed E-state index contributed by atoms with van der Waals surface area (Å²) in [5.74, 6) is -3.56. The smallest absolute Gasteiger partial charge is 0.320 e. The molecule has 0 bridgehead atoms. The molecule has 0 radical (unpaired) electrons. The Hall–Kier alpha value is -1.59. The maximum absolute atomic E-state index is 11.3. The number of esters is 2. The standard InChI is InChI=1S/C9H15NO5/c1-3-14-8(12)6(5-7(10)11)9(13)15-4-2/h6H,3-5H2,1-2H3,(H2,10,11). The van der Waals surface area contributed by atoms with Crippen molar-refractivity contribution in [3.63, 3.8) is 0 Å². The van der Waals surface area contributed by atoms with Crippen molar-refractivity contribution in [3.05, 3.63) is 0 Å². The molecule has 0 saturated heterocycles. The van der Waals surface area contributed by atoms with Crippen LogP contribution in [0.15, 0.2) is 0 Å². The molecule has 0 heterocycles. The number of amides is 1. The van der Waals surface area contributed by atoms with E-state index < -0.39 is 30.2 Å². The van der Waals surface area contributed by atoms with Gasteiger partial charge in [-0.05, 0) is 13.8 Å². The molecule has 0 atom stereocenters. The molecule has 0 unspecified atom stereocenters. The minimum Gasteiger partial charge on any atom is -0.465 e. The van der Waals surface area contributed by atoms with E-state index in [4.69, 9.17) is 5.73 Å². The Balaban J connectivity index is 4.49. The highest BCUT2D eigenvalue weighted by Gasteiger charge is 2.31. The van der Waals surface area contributed by atoms with Gasteiger partial charge in [-0.25, -0.2) is 0 Å². The van der Waals surface area contributed by atoms with E-state index in [9.17, 15) is 14.4 Å². The first-order chi connectivity index (χ1) is 7.02. The number of carbonyl (C=O) groups is 3. The van der Waals surface area contributed by atoms with Gasteiger partial charge in [0.05, 0.1) is 19.6 Å². The van der Waals surface area contributed by atoms with Crippen molar-refractivity contribution in [1.82, 2.24) is 0 Å². The maximum Gasteiger partial charge on any atom is 0.320 e. The topological polar surface area (TPSA) is 95.7 Å². The number of rotatable bonds is 6. The fourth-order valence-corrected chi connectivity index (χ4v) is 0.950. The molecular weight excluding hydrogens is 202 g/mol. The third-order valence-electron chi connectivity index (χ3n) is 1.55. The summed E-state index contributed by atoms with van der Waals surface area (Å²) in [5, 5.41) is 0. The Bertz CT molecular complexity index is 233. The average molecular weight is 217 g/mol. The third-order valence-corrected chi connectivity index (χ3v) is 1.55. The summed E-state index contributed by atoms with van der Waals surface area (Å²) in [6.45, 7) is 3.47. The molecule has 6 nitrogen and oxygen atoms in total. The SMILES string of the molecule is CCOC(=O)C(CC(N)=O)C(=O)OCC. The molecule has 0 aliphatic rings. The lowest BCUT2D eigenvalue weighted by atomic mass is 10.1. The van der Waals surface area contributed by atoms with Gasteiger partial charge in [-0.3, -0.25) is 14.4 Å². The van der Waals surface area contributed by atoms with Crippen LogP contribution >= 0.6 is 0 Å². The Labute approximate surface area is 87.7 Å². The summed E-state index contributed by atoms with van der Waals surface area (Å²) in [6, 6.07) is 0. The molecule has 0 aliphatic heterocycles. The first-order valence-electron chi connectivity index (χ1n) is 4.64. The highest BCUT2D eigenvalue weighted by Crippen LogP contribution is 2.08. The lowest BCUT2D eigenvalue weighted by molar-refractivity contribution is -0.163. The molecule has 0 aromatic rings. The summed E-state index contributed by atoms with van der Waals surface area (Å²) < 4.78 is 9.25. The van der Waals surface area contributed by atoms with Gasteiger partial charge in [0.1, 0.15) is 0 Å². The number of hydrogen-bond acceptors (Lipinski definition) is 5. The molecule has 2 N–H and O–H groups in total. The predicted molar refractivity (Wildman–Crippen MR) is 50.6 cm³/mol. The van der Waals surface area contributed by atoms with E-state index in [2.05, 4.69) is 9.47 Å². The number of nitrogens with two attached hydrogens (primary N) is 1. The Morgan fingerprint density at radius 2 is 1.47 bits per heavy atom. The Morgan fingerprint density at radius 1 is 1.07 bits per heavy atom. The van der Waals surface area contributed by atoms with Crippen LogP contribution in [-0.2, 0) is 23.9 Å². The number of carbonyl (C=O) groups excluding carboxylic acids is 3. The molecule has 0 aromatic heterocycles. The summed E-state index contributed by atoms with van der Waals surface area (Å²) in [6.07, 6.45) is -0.391. The normalized spacial score (nSPS) is 9.80. The maximum atomic E-state index is 11.3. The molecule has 0 rings (SSSR count). The van der Waals surface area contributed by atoms with E-state index in [-0.39, 0.29) is 13.2 Å². The van der Waals surface area contributed by atoms with Crippen LogP contribution in [0, 0.1) is 5.92 Å². The predicted octanol–water partition coefficient (Wildman–Crippen LogP) is -0.396. The van der Waals surface area contributed by atoms with E-state index in [1.807, 2.05) is 0 Å². The second-order valence-electron chi connectivity index (χ2n) is 2.73. The lowest BCUT2D eigenvalue weighted by Gasteiger charge is -2.12. The Morgan fingerprint density at radius 3 is 1.73 bits per heavy atom. The quantitative estimate of drug-likeness (QED) is 0.482. The van der Waals surface area contributed by atoms with Crippen LogP contribution in [0.4, 0.5) is 0 Å². The third kappa shape index (κ3) is 4.99. The molecular formula is C9H15NO5. The van der Waals surface area contributed by atoms with Gasteiger partial charge < -0.3 is 15.2 Å². The number of primary amides is 1. The zero-order valence-corrected chi connectivity index (χ0v) is 8.82. The van der Waals surface area contributed by atoms with Crippen molar-refractivity contribution in [2.24, 2.45) is 11.7 Å². The second-order valence-corrected chi connectivity index (χ2v) is 2.73. The van der Waals surface area contributed by atoms with Crippen molar-refractivity contribution < 1.29 is 23.9 Å². The minimum atomic E-state index is -1.25. The van der Waals surface area contributed by atoms with Crippen molar-refractivity contribution >= 4 is 17.8 Å². The fourth-order valence-electron chi connectivity index (χ4n) is 0.950. The summed E-state index contributed by atoms with van der Waals surface area (Å²) in [4.78, 5) is 33.2. The molecule has 86 valence electrons. The van der Waals surface area contributed by atoms with Gasteiger partial charge in [0, 0.05) is 0 Å². The molecule has 1 amide bonds. The van der Waals surface area contributed by atoms with Crippen LogP contribution in [0.2, 0.25) is 0 Å². The first kappa shape index (κ1) is 13.4. The lowest BCUT2D eigenvalue weighted by Crippen LogP contribution is -2.32. The van der Waals surface area contributed by atoms with Crippen LogP contribution in [0.5, 0.6) is 0 Å². The van der Waals surface area contributed by atoms with Crippen molar-refractivity contribution in [2.45, 2.75) is 20.3 Å². The molecule has 0 spiro atoms. The van der Waals surface area contributed by atoms with E-state index in [1.165, 1.54) is 0 Å². The number of ether oxygens (including phenoxy) is 2.